The summed E-state index contributed by atoms with van der Waals surface area (Å²) in [5, 5.41) is -0.129. The third-order valence-electron chi connectivity index (χ3n) is 4.41. The zero-order valence-corrected chi connectivity index (χ0v) is 16.6. The number of alkyl carbamates (subject to hydrolysis) is 1. The van der Waals surface area contributed by atoms with E-state index in [4.69, 9.17) is 4.74 Å². The first-order valence-electron chi connectivity index (χ1n) is 8.74. The average Bonchev–Trinajstić information content (AvgIpc) is 2.54. The first-order chi connectivity index (χ1) is 12.6. The van der Waals surface area contributed by atoms with Crippen LogP contribution in [0.2, 0.25) is 0 Å². The van der Waals surface area contributed by atoms with Gasteiger partial charge in [-0.15, -0.1) is 0 Å². The summed E-state index contributed by atoms with van der Waals surface area (Å²) in [6.45, 7) is 5.05. The van der Waals surface area contributed by atoms with E-state index in [2.05, 4.69) is 5.32 Å². The molecule has 0 saturated heterocycles. The minimum absolute atomic E-state index is 0.0218. The highest BCUT2D eigenvalue weighted by atomic mass is 32.2. The highest BCUT2D eigenvalue weighted by Gasteiger charge is 2.48. The van der Waals surface area contributed by atoms with Gasteiger partial charge in [-0.2, -0.15) is 13.2 Å². The van der Waals surface area contributed by atoms with E-state index < -0.39 is 62.1 Å². The van der Waals surface area contributed by atoms with Crippen molar-refractivity contribution in [2.45, 2.75) is 74.2 Å². The molecule has 0 aliphatic heterocycles. The highest BCUT2D eigenvalue weighted by molar-refractivity contribution is 7.92. The Bertz CT molecular complexity index is 823. The number of halogens is 4. The van der Waals surface area contributed by atoms with Crippen molar-refractivity contribution in [2.75, 3.05) is 0 Å². The summed E-state index contributed by atoms with van der Waals surface area (Å²) in [5.41, 5.74) is -1.87. The van der Waals surface area contributed by atoms with Gasteiger partial charge in [0.2, 0.25) is 14.8 Å². The SMILES string of the molecule is CC(C)(C)OC(=O)NC1CCC(F)(S(=O)(=O)c2cccc(C(F)(F)F)c2)CC1. The van der Waals surface area contributed by atoms with Crippen LogP contribution in [0.5, 0.6) is 0 Å². The zero-order valence-electron chi connectivity index (χ0n) is 15.8. The van der Waals surface area contributed by atoms with Crippen LogP contribution in [0.1, 0.15) is 52.0 Å². The van der Waals surface area contributed by atoms with Crippen LogP contribution in [0.25, 0.3) is 0 Å². The number of sulfone groups is 1. The topological polar surface area (TPSA) is 72.5 Å². The molecule has 5 nitrogen and oxygen atoms in total. The summed E-state index contributed by atoms with van der Waals surface area (Å²) in [6, 6.07) is 2.59. The Balaban J connectivity index is 2.11. The maximum absolute atomic E-state index is 15.2. The molecule has 1 fully saturated rings. The van der Waals surface area contributed by atoms with Crippen molar-refractivity contribution in [1.82, 2.24) is 5.32 Å². The molecule has 0 heterocycles. The van der Waals surface area contributed by atoms with Gasteiger partial charge < -0.3 is 10.1 Å². The van der Waals surface area contributed by atoms with Crippen molar-refractivity contribution >= 4 is 15.9 Å². The minimum atomic E-state index is -4.73. The predicted molar refractivity (Wildman–Crippen MR) is 94.1 cm³/mol. The van der Waals surface area contributed by atoms with Gasteiger partial charge >= 0.3 is 12.3 Å². The molecule has 1 aromatic rings. The molecule has 158 valence electrons. The van der Waals surface area contributed by atoms with E-state index >= 15 is 4.39 Å². The summed E-state index contributed by atoms with van der Waals surface area (Å²) in [4.78, 5) is 11.1. The number of benzene rings is 1. The first-order valence-corrected chi connectivity index (χ1v) is 10.2. The molecular formula is C18H23F4NO4S. The van der Waals surface area contributed by atoms with E-state index in [1.54, 1.807) is 20.8 Å². The Morgan fingerprint density at radius 1 is 1.18 bits per heavy atom. The van der Waals surface area contributed by atoms with Crippen LogP contribution >= 0.6 is 0 Å². The van der Waals surface area contributed by atoms with Crippen molar-refractivity contribution < 1.29 is 35.5 Å². The lowest BCUT2D eigenvalue weighted by Crippen LogP contribution is -2.46. The number of hydrogen-bond acceptors (Lipinski definition) is 4. The second-order valence-electron chi connectivity index (χ2n) is 7.83. The third kappa shape index (κ3) is 5.15. The molecule has 1 aliphatic rings. The van der Waals surface area contributed by atoms with E-state index in [1.807, 2.05) is 0 Å². The van der Waals surface area contributed by atoms with Crippen LogP contribution in [-0.2, 0) is 20.8 Å². The fourth-order valence-corrected chi connectivity index (χ4v) is 4.72. The number of carbonyl (C=O) groups excluding carboxylic acids is 1. The van der Waals surface area contributed by atoms with E-state index in [1.165, 1.54) is 0 Å². The van der Waals surface area contributed by atoms with Gasteiger partial charge in [0.25, 0.3) is 0 Å². The van der Waals surface area contributed by atoms with Crippen molar-refractivity contribution in [3.63, 3.8) is 0 Å². The molecule has 10 heteroatoms. The standard InChI is InChI=1S/C18H23F4NO4S/c1-16(2,3)27-15(24)23-13-7-9-17(19,10-8-13)28(25,26)14-6-4-5-12(11-14)18(20,21)22/h4-6,11,13H,7-10H2,1-3H3,(H,23,24). The maximum Gasteiger partial charge on any atom is 0.416 e. The van der Waals surface area contributed by atoms with Gasteiger partial charge in [0, 0.05) is 6.04 Å². The zero-order chi connectivity index (χ0) is 21.4. The maximum atomic E-state index is 15.2. The molecule has 1 aliphatic carbocycles. The Morgan fingerprint density at radius 2 is 1.75 bits per heavy atom. The molecule has 1 amide bonds. The summed E-state index contributed by atoms with van der Waals surface area (Å²) in [5.74, 6) is 0. The molecule has 1 aromatic carbocycles. The number of carbonyl (C=O) groups is 1. The second kappa shape index (κ2) is 7.53. The van der Waals surface area contributed by atoms with Gasteiger partial charge in [0.05, 0.1) is 10.5 Å². The van der Waals surface area contributed by atoms with Crippen LogP contribution in [0.3, 0.4) is 0 Å². The predicted octanol–water partition coefficient (Wildman–Crippen LogP) is 4.61. The van der Waals surface area contributed by atoms with Crippen LogP contribution in [0, 0.1) is 0 Å². The molecule has 0 bridgehead atoms. The molecule has 0 aromatic heterocycles. The molecule has 0 radical (unpaired) electrons. The lowest BCUT2D eigenvalue weighted by atomic mass is 9.93. The summed E-state index contributed by atoms with van der Waals surface area (Å²) < 4.78 is 84.2. The number of alkyl halides is 4. The van der Waals surface area contributed by atoms with E-state index in [-0.39, 0.29) is 12.8 Å². The van der Waals surface area contributed by atoms with Gasteiger partial charge in [-0.05, 0) is 64.7 Å². The third-order valence-corrected chi connectivity index (χ3v) is 6.65. The van der Waals surface area contributed by atoms with Crippen LogP contribution in [-0.4, -0.2) is 31.2 Å². The molecule has 1 N–H and O–H groups in total. The lowest BCUT2D eigenvalue weighted by molar-refractivity contribution is -0.137. The largest absolute Gasteiger partial charge is 0.444 e. The number of nitrogens with one attached hydrogen (secondary N) is 1. The quantitative estimate of drug-likeness (QED) is 0.718. The molecule has 0 spiro atoms. The van der Waals surface area contributed by atoms with Gasteiger partial charge in [-0.25, -0.2) is 17.6 Å². The number of amides is 1. The van der Waals surface area contributed by atoms with E-state index in [9.17, 15) is 26.4 Å². The lowest BCUT2D eigenvalue weighted by Gasteiger charge is -2.34. The molecule has 0 unspecified atom stereocenters. The van der Waals surface area contributed by atoms with E-state index in [0.717, 1.165) is 18.2 Å². The molecule has 0 atom stereocenters. The molecule has 28 heavy (non-hydrogen) atoms. The number of ether oxygens (including phenoxy) is 1. The van der Waals surface area contributed by atoms with E-state index in [0.29, 0.717) is 6.07 Å². The number of hydrogen-bond donors (Lipinski definition) is 1. The van der Waals surface area contributed by atoms with Gasteiger partial charge in [-0.3, -0.25) is 0 Å². The Hall–Kier alpha value is -1.84. The fourth-order valence-electron chi connectivity index (χ4n) is 2.99. The first kappa shape index (κ1) is 22.4. The van der Waals surface area contributed by atoms with Gasteiger partial charge in [0.1, 0.15) is 5.60 Å². The highest BCUT2D eigenvalue weighted by Crippen LogP contribution is 2.41. The van der Waals surface area contributed by atoms with Gasteiger partial charge in [0.15, 0.2) is 0 Å². The molecule has 2 rings (SSSR count). The summed E-state index contributed by atoms with van der Waals surface area (Å²) in [7, 11) is -4.64. The minimum Gasteiger partial charge on any atom is -0.444 e. The smallest absolute Gasteiger partial charge is 0.416 e. The van der Waals surface area contributed by atoms with Gasteiger partial charge in [-0.1, -0.05) is 6.07 Å². The van der Waals surface area contributed by atoms with Crippen molar-refractivity contribution in [2.24, 2.45) is 0 Å². The molecular weight excluding hydrogens is 402 g/mol. The molecule has 1 saturated carbocycles. The van der Waals surface area contributed by atoms with Crippen LogP contribution in [0.4, 0.5) is 22.4 Å². The second-order valence-corrected chi connectivity index (χ2v) is 10.0. The van der Waals surface area contributed by atoms with Crippen molar-refractivity contribution in [1.29, 1.82) is 0 Å². The van der Waals surface area contributed by atoms with Crippen LogP contribution in [0.15, 0.2) is 29.2 Å². The Labute approximate surface area is 161 Å². The average molecular weight is 425 g/mol. The van der Waals surface area contributed by atoms with Crippen molar-refractivity contribution in [3.05, 3.63) is 29.8 Å². The Morgan fingerprint density at radius 3 is 2.25 bits per heavy atom. The van der Waals surface area contributed by atoms with Crippen molar-refractivity contribution in [3.8, 4) is 0 Å². The summed E-state index contributed by atoms with van der Waals surface area (Å²) in [6.07, 6.45) is -6.26. The summed E-state index contributed by atoms with van der Waals surface area (Å²) >= 11 is 0. The monoisotopic (exact) mass is 425 g/mol. The van der Waals surface area contributed by atoms with Crippen LogP contribution < -0.4 is 5.32 Å². The fraction of sp³-hybridized carbons (Fsp3) is 0.611. The normalized spacial score (nSPS) is 23.9. The Kier molecular flexibility index (Phi) is 6.04. The number of rotatable bonds is 3.